The highest BCUT2D eigenvalue weighted by Crippen LogP contribution is 2.28. The number of aromatic nitrogens is 2. The van der Waals surface area contributed by atoms with Crippen molar-refractivity contribution in [2.45, 2.75) is 19.4 Å². The summed E-state index contributed by atoms with van der Waals surface area (Å²) < 4.78 is 8.29. The van der Waals surface area contributed by atoms with Crippen LogP contribution in [0.15, 0.2) is 18.2 Å². The number of ether oxygens (including phenoxy) is 1. The molecule has 1 aromatic carbocycles. The lowest BCUT2D eigenvalue weighted by molar-refractivity contribution is 0.117. The molecule has 3 rings (SSSR count). The number of imidazole rings is 1. The van der Waals surface area contributed by atoms with Gasteiger partial charge in [0.25, 0.3) is 0 Å². The molecule has 0 aliphatic heterocycles. The number of hydrogen-bond acceptors (Lipinski definition) is 3. The Bertz CT molecular complexity index is 691. The van der Waals surface area contributed by atoms with Crippen LogP contribution in [-0.2, 0) is 11.3 Å². The van der Waals surface area contributed by atoms with Gasteiger partial charge in [-0.05, 0) is 43.1 Å². The van der Waals surface area contributed by atoms with E-state index in [1.807, 2.05) is 16.7 Å². The maximum Gasteiger partial charge on any atom is 0.178 e. The van der Waals surface area contributed by atoms with Gasteiger partial charge in [0.2, 0.25) is 0 Å². The minimum Gasteiger partial charge on any atom is -0.379 e. The van der Waals surface area contributed by atoms with Crippen molar-refractivity contribution in [1.29, 1.82) is 5.26 Å². The van der Waals surface area contributed by atoms with Gasteiger partial charge < -0.3 is 14.3 Å². The normalized spacial score (nSPS) is 14.7. The van der Waals surface area contributed by atoms with Crippen molar-refractivity contribution < 1.29 is 4.74 Å². The molecule has 2 aromatic rings. The largest absolute Gasteiger partial charge is 0.379 e. The summed E-state index contributed by atoms with van der Waals surface area (Å²) in [4.78, 5) is 3.11. The van der Waals surface area contributed by atoms with E-state index in [1.165, 1.54) is 12.8 Å². The number of benzene rings is 1. The molecule has 5 heteroatoms. The first-order chi connectivity index (χ1) is 9.29. The fourth-order valence-corrected chi connectivity index (χ4v) is 2.48. The third kappa shape index (κ3) is 2.55. The second kappa shape index (κ2) is 5.16. The number of nitrogens with zero attached hydrogens (tertiary/aromatic N) is 2. The molecule has 0 saturated heterocycles. The minimum atomic E-state index is 0.626. The number of nitriles is 1. The van der Waals surface area contributed by atoms with Crippen LogP contribution in [0.2, 0.25) is 0 Å². The van der Waals surface area contributed by atoms with Crippen molar-refractivity contribution in [1.82, 2.24) is 9.55 Å². The third-order valence-electron chi connectivity index (χ3n) is 3.44. The lowest BCUT2D eigenvalue weighted by atomic mass is 10.2. The molecule has 0 spiro atoms. The van der Waals surface area contributed by atoms with Crippen molar-refractivity contribution >= 4 is 23.3 Å². The van der Waals surface area contributed by atoms with Crippen LogP contribution < -0.4 is 0 Å². The van der Waals surface area contributed by atoms with Gasteiger partial charge >= 0.3 is 0 Å². The van der Waals surface area contributed by atoms with E-state index in [-0.39, 0.29) is 0 Å². The Kier molecular flexibility index (Phi) is 3.36. The van der Waals surface area contributed by atoms with Crippen molar-refractivity contribution in [2.24, 2.45) is 5.92 Å². The zero-order chi connectivity index (χ0) is 13.2. The standard InChI is InChI=1S/C14H15N3OS/c15-8-11-2-1-3-12-13(11)16-14(19)17(12)6-7-18-9-10-4-5-10/h1-3,10H,4-7,9H2,(H,16,19). The van der Waals surface area contributed by atoms with Crippen LogP contribution in [0.25, 0.3) is 11.0 Å². The first-order valence-corrected chi connectivity index (χ1v) is 6.90. The number of H-pyrrole nitrogens is 1. The van der Waals surface area contributed by atoms with Gasteiger partial charge in [0.1, 0.15) is 6.07 Å². The molecule has 1 N–H and O–H groups in total. The third-order valence-corrected chi connectivity index (χ3v) is 3.76. The van der Waals surface area contributed by atoms with E-state index in [1.54, 1.807) is 6.07 Å². The lowest BCUT2D eigenvalue weighted by Gasteiger charge is -2.05. The fourth-order valence-electron chi connectivity index (χ4n) is 2.19. The van der Waals surface area contributed by atoms with Crippen molar-refractivity contribution in [2.75, 3.05) is 13.2 Å². The first-order valence-electron chi connectivity index (χ1n) is 6.49. The van der Waals surface area contributed by atoms with Gasteiger partial charge in [0.05, 0.1) is 23.2 Å². The maximum absolute atomic E-state index is 9.08. The van der Waals surface area contributed by atoms with Gasteiger partial charge in [-0.15, -0.1) is 0 Å². The highest BCUT2D eigenvalue weighted by atomic mass is 32.1. The zero-order valence-corrected chi connectivity index (χ0v) is 11.4. The second-order valence-electron chi connectivity index (χ2n) is 4.91. The van der Waals surface area contributed by atoms with Crippen LogP contribution in [0.3, 0.4) is 0 Å². The van der Waals surface area contributed by atoms with Gasteiger partial charge in [0, 0.05) is 13.2 Å². The average Bonchev–Trinajstić information content (AvgIpc) is 3.18. The van der Waals surface area contributed by atoms with Gasteiger partial charge in [0.15, 0.2) is 4.77 Å². The Labute approximate surface area is 116 Å². The summed E-state index contributed by atoms with van der Waals surface area (Å²) in [6, 6.07) is 7.83. The van der Waals surface area contributed by atoms with Gasteiger partial charge in [-0.1, -0.05) is 6.07 Å². The fraction of sp³-hybridized carbons (Fsp3) is 0.429. The number of para-hydroxylation sites is 1. The summed E-state index contributed by atoms with van der Waals surface area (Å²) in [5.74, 6) is 0.779. The lowest BCUT2D eigenvalue weighted by Crippen LogP contribution is -2.07. The van der Waals surface area contributed by atoms with Crippen LogP contribution in [0.1, 0.15) is 18.4 Å². The average molecular weight is 273 g/mol. The molecule has 0 bridgehead atoms. The first kappa shape index (κ1) is 12.4. The van der Waals surface area contributed by atoms with Crippen LogP contribution in [0.4, 0.5) is 0 Å². The summed E-state index contributed by atoms with van der Waals surface area (Å²) in [6.45, 7) is 2.24. The molecular formula is C14H15N3OS. The van der Waals surface area contributed by atoms with E-state index in [0.717, 1.165) is 30.1 Å². The van der Waals surface area contributed by atoms with E-state index < -0.39 is 0 Å². The molecule has 1 fully saturated rings. The van der Waals surface area contributed by atoms with E-state index in [2.05, 4.69) is 11.1 Å². The van der Waals surface area contributed by atoms with Crippen LogP contribution in [0, 0.1) is 22.0 Å². The van der Waals surface area contributed by atoms with Gasteiger partial charge in [-0.25, -0.2) is 0 Å². The number of fused-ring (bicyclic) bond motifs is 1. The molecular weight excluding hydrogens is 258 g/mol. The van der Waals surface area contributed by atoms with Crippen LogP contribution in [-0.4, -0.2) is 22.8 Å². The molecule has 19 heavy (non-hydrogen) atoms. The van der Waals surface area contributed by atoms with Crippen molar-refractivity contribution in [3.63, 3.8) is 0 Å². The van der Waals surface area contributed by atoms with E-state index in [9.17, 15) is 0 Å². The highest BCUT2D eigenvalue weighted by Gasteiger charge is 2.21. The smallest absolute Gasteiger partial charge is 0.178 e. The monoisotopic (exact) mass is 273 g/mol. The summed E-state index contributed by atoms with van der Waals surface area (Å²) in [5.41, 5.74) is 2.41. The number of aromatic amines is 1. The number of hydrogen-bond donors (Lipinski definition) is 1. The Morgan fingerprint density at radius 3 is 3.05 bits per heavy atom. The van der Waals surface area contributed by atoms with Crippen molar-refractivity contribution in [3.8, 4) is 6.07 Å². The van der Waals surface area contributed by atoms with Crippen LogP contribution >= 0.6 is 12.2 Å². The topological polar surface area (TPSA) is 53.7 Å². The Morgan fingerprint density at radius 2 is 2.32 bits per heavy atom. The summed E-state index contributed by atoms with van der Waals surface area (Å²) in [7, 11) is 0. The van der Waals surface area contributed by atoms with Gasteiger partial charge in [-0.2, -0.15) is 5.26 Å². The molecule has 98 valence electrons. The number of nitrogens with one attached hydrogen (secondary N) is 1. The molecule has 1 heterocycles. The molecule has 0 unspecified atom stereocenters. The SMILES string of the molecule is N#Cc1cccc2c1[nH]c(=S)n2CCOCC1CC1. The number of rotatable bonds is 5. The summed E-state index contributed by atoms with van der Waals surface area (Å²) in [5, 5.41) is 9.08. The van der Waals surface area contributed by atoms with Gasteiger partial charge in [-0.3, -0.25) is 0 Å². The molecule has 1 aliphatic rings. The van der Waals surface area contributed by atoms with Crippen molar-refractivity contribution in [3.05, 3.63) is 28.5 Å². The van der Waals surface area contributed by atoms with E-state index in [0.29, 0.717) is 16.9 Å². The predicted octanol–water partition coefficient (Wildman–Crippen LogP) is 3.00. The minimum absolute atomic E-state index is 0.626. The molecule has 0 radical (unpaired) electrons. The molecule has 1 aliphatic carbocycles. The molecule has 0 amide bonds. The second-order valence-corrected chi connectivity index (χ2v) is 5.30. The maximum atomic E-state index is 9.08. The van der Waals surface area contributed by atoms with E-state index >= 15 is 0 Å². The van der Waals surface area contributed by atoms with Crippen LogP contribution in [0.5, 0.6) is 0 Å². The molecule has 1 saturated carbocycles. The molecule has 4 nitrogen and oxygen atoms in total. The highest BCUT2D eigenvalue weighted by molar-refractivity contribution is 7.71. The zero-order valence-electron chi connectivity index (χ0n) is 10.6. The Morgan fingerprint density at radius 1 is 1.47 bits per heavy atom. The van der Waals surface area contributed by atoms with E-state index in [4.69, 9.17) is 22.2 Å². The molecule has 1 aromatic heterocycles. The summed E-state index contributed by atoms with van der Waals surface area (Å²) >= 11 is 5.32. The predicted molar refractivity (Wildman–Crippen MR) is 75.4 cm³/mol. The summed E-state index contributed by atoms with van der Waals surface area (Å²) in [6.07, 6.45) is 2.61. The quantitative estimate of drug-likeness (QED) is 0.673. The molecule has 0 atom stereocenters. The Hall–Kier alpha value is -1.64. The Balaban J connectivity index is 1.80.